The Kier molecular flexibility index (Phi) is 9.63. The molecule has 0 aliphatic carbocycles. The molecule has 57 heavy (non-hydrogen) atoms. The summed E-state index contributed by atoms with van der Waals surface area (Å²) in [6, 6.07) is 29.1. The third-order valence-electron chi connectivity index (χ3n) is 11.0. The van der Waals surface area contributed by atoms with E-state index in [9.17, 15) is 19.2 Å². The van der Waals surface area contributed by atoms with Crippen LogP contribution in [0.15, 0.2) is 117 Å². The van der Waals surface area contributed by atoms with Gasteiger partial charge in [-0.25, -0.2) is 4.79 Å². The normalized spacial score (nSPS) is 15.5. The Balaban J connectivity index is 0.000000172. The fraction of sp³-hybridized carbons (Fsp3) is 0.227. The second-order valence-corrected chi connectivity index (χ2v) is 17.4. The summed E-state index contributed by atoms with van der Waals surface area (Å²) in [5, 5.41) is 26.9. The van der Waals surface area contributed by atoms with Gasteiger partial charge in [-0.15, -0.1) is 22.7 Å². The van der Waals surface area contributed by atoms with Crippen molar-refractivity contribution in [1.82, 2.24) is 29.8 Å². The minimum absolute atomic E-state index is 0.00120. The summed E-state index contributed by atoms with van der Waals surface area (Å²) < 4.78 is 4.89. The first-order chi connectivity index (χ1) is 27.2. The van der Waals surface area contributed by atoms with E-state index < -0.39 is 5.97 Å². The Morgan fingerprint density at radius 3 is 1.53 bits per heavy atom. The molecule has 2 N–H and O–H groups in total. The summed E-state index contributed by atoms with van der Waals surface area (Å²) in [4.78, 5) is 51.9. The lowest BCUT2D eigenvalue weighted by atomic mass is 9.77. The van der Waals surface area contributed by atoms with Gasteiger partial charge in [0.1, 0.15) is 11.4 Å². The number of amides is 1. The predicted octanol–water partition coefficient (Wildman–Crippen LogP) is 8.18. The predicted molar refractivity (Wildman–Crippen MR) is 227 cm³/mol. The Morgan fingerprint density at radius 2 is 1.09 bits per heavy atom. The number of nitrogens with zero attached hydrogens (tertiary/aromatic N) is 5. The molecule has 5 aliphatic heterocycles. The number of carboxylic acids is 1. The van der Waals surface area contributed by atoms with Gasteiger partial charge in [-0.3, -0.25) is 19.3 Å². The van der Waals surface area contributed by atoms with E-state index in [0.717, 1.165) is 33.0 Å². The maximum absolute atomic E-state index is 13.0. The molecule has 4 aromatic carbocycles. The molecule has 0 aromatic heterocycles. The van der Waals surface area contributed by atoms with Crippen LogP contribution in [0.5, 0.6) is 0 Å². The number of carbonyl (C=O) groups excluding carboxylic acids is 1. The van der Waals surface area contributed by atoms with Gasteiger partial charge in [-0.05, 0) is 108 Å². The van der Waals surface area contributed by atoms with Gasteiger partial charge in [0.2, 0.25) is 0 Å². The molecule has 1 fully saturated rings. The summed E-state index contributed by atoms with van der Waals surface area (Å²) in [5.41, 5.74) is 4.13. The summed E-state index contributed by atoms with van der Waals surface area (Å²) in [6.45, 7) is 8.89. The van der Waals surface area contributed by atoms with Crippen molar-refractivity contribution in [3.05, 3.63) is 140 Å². The number of aromatic nitrogens is 4. The molecule has 0 saturated carbocycles. The van der Waals surface area contributed by atoms with Crippen LogP contribution in [0.3, 0.4) is 0 Å². The summed E-state index contributed by atoms with van der Waals surface area (Å²) >= 11 is 3.05. The van der Waals surface area contributed by atoms with Crippen LogP contribution in [0.4, 0.5) is 0 Å². The summed E-state index contributed by atoms with van der Waals surface area (Å²) in [5.74, 6) is -1.09. The summed E-state index contributed by atoms with van der Waals surface area (Å²) in [7, 11) is 2.16. The number of carboxylic acid groups (broad SMARTS) is 1. The number of benzene rings is 4. The van der Waals surface area contributed by atoms with Crippen LogP contribution in [0, 0.1) is 0 Å². The zero-order valence-electron chi connectivity index (χ0n) is 32.0. The molecule has 0 bridgehead atoms. The highest BCUT2D eigenvalue weighted by atomic mass is 32.1. The quantitative estimate of drug-likeness (QED) is 0.178. The van der Waals surface area contributed by atoms with E-state index in [1.807, 2.05) is 59.3 Å². The number of aromatic carboxylic acids is 1. The van der Waals surface area contributed by atoms with Crippen LogP contribution in [-0.4, -0.2) is 65.6 Å². The topological polar surface area (TPSA) is 139 Å². The number of likely N-dealkylation sites (tertiary alicyclic amines) is 1. The average Bonchev–Trinajstić information content (AvgIpc) is 3.73. The third-order valence-corrected chi connectivity index (χ3v) is 13.0. The molecule has 0 spiro atoms. The van der Waals surface area contributed by atoms with Gasteiger partial charge in [-0.2, -0.15) is 19.6 Å². The Morgan fingerprint density at radius 1 is 0.667 bits per heavy atom. The van der Waals surface area contributed by atoms with E-state index in [1.54, 1.807) is 47.7 Å². The maximum atomic E-state index is 13.0. The Hall–Kier alpha value is -6.02. The van der Waals surface area contributed by atoms with Crippen LogP contribution in [0.1, 0.15) is 61.3 Å². The van der Waals surface area contributed by atoms with Crippen LogP contribution >= 0.6 is 22.7 Å². The first-order valence-electron chi connectivity index (χ1n) is 18.5. The van der Waals surface area contributed by atoms with Crippen LogP contribution in [-0.2, 0) is 0 Å². The fourth-order valence-electron chi connectivity index (χ4n) is 7.81. The van der Waals surface area contributed by atoms with Gasteiger partial charge >= 0.3 is 5.97 Å². The number of hydrogen-bond donors (Lipinski definition) is 2. The molecule has 1 saturated heterocycles. The van der Waals surface area contributed by atoms with Crippen molar-refractivity contribution in [3.63, 3.8) is 0 Å². The van der Waals surface area contributed by atoms with Crippen LogP contribution < -0.4 is 16.4 Å². The molecule has 11 nitrogen and oxygen atoms in total. The largest absolute Gasteiger partial charge is 0.478 e. The van der Waals surface area contributed by atoms with Crippen molar-refractivity contribution in [2.45, 2.75) is 57.7 Å². The van der Waals surface area contributed by atoms with E-state index in [1.165, 1.54) is 32.8 Å². The smallest absolute Gasteiger partial charge is 0.335 e. The van der Waals surface area contributed by atoms with Crippen molar-refractivity contribution in [2.75, 3.05) is 7.05 Å². The zero-order valence-corrected chi connectivity index (χ0v) is 33.6. The molecule has 1 amide bonds. The third kappa shape index (κ3) is 7.02. The maximum Gasteiger partial charge on any atom is 0.335 e. The number of carbonyl (C=O) groups is 2. The zero-order chi connectivity index (χ0) is 40.2. The molecule has 0 atom stereocenters. The molecule has 5 heterocycles. The first kappa shape index (κ1) is 37.9. The van der Waals surface area contributed by atoms with Gasteiger partial charge in [0.05, 0.1) is 28.1 Å². The van der Waals surface area contributed by atoms with E-state index >= 15 is 0 Å². The van der Waals surface area contributed by atoms with Crippen molar-refractivity contribution >= 4 is 54.7 Å². The van der Waals surface area contributed by atoms with Crippen molar-refractivity contribution < 1.29 is 14.7 Å². The molecule has 0 unspecified atom stereocenters. The monoisotopic (exact) mass is 796 g/mol. The lowest BCUT2D eigenvalue weighted by molar-refractivity contribution is -0.0169. The van der Waals surface area contributed by atoms with Gasteiger partial charge in [0, 0.05) is 53.6 Å². The van der Waals surface area contributed by atoms with Crippen molar-refractivity contribution in [2.24, 2.45) is 0 Å². The van der Waals surface area contributed by atoms with Gasteiger partial charge in [0.15, 0.2) is 0 Å². The van der Waals surface area contributed by atoms with E-state index in [2.05, 4.69) is 55.2 Å². The van der Waals surface area contributed by atoms with Crippen molar-refractivity contribution in [1.29, 1.82) is 0 Å². The minimum Gasteiger partial charge on any atom is -0.478 e. The molecule has 5 aliphatic rings. The van der Waals surface area contributed by atoms with E-state index in [4.69, 9.17) is 5.11 Å². The number of fused-ring (bicyclic) bond motifs is 6. The fourth-order valence-corrected chi connectivity index (χ4v) is 9.62. The molecule has 13 heteroatoms. The molecular weight excluding hydrogens is 757 g/mol. The van der Waals surface area contributed by atoms with Crippen LogP contribution in [0.25, 0.3) is 54.1 Å². The minimum atomic E-state index is -1.00. The number of hydrogen-bond acceptors (Lipinski definition) is 9. The first-order valence-corrected chi connectivity index (χ1v) is 20.3. The second-order valence-electron chi connectivity index (χ2n) is 15.6. The lowest BCUT2D eigenvalue weighted by Gasteiger charge is -2.53. The molecule has 4 aromatic rings. The molecule has 288 valence electrons. The highest BCUT2D eigenvalue weighted by Gasteiger charge is 2.43. The number of nitrogens with one attached hydrogen (secondary N) is 1. The highest BCUT2D eigenvalue weighted by molar-refractivity contribution is 7.17. The second kappa shape index (κ2) is 14.5. The standard InChI is InChI=1S/C27H30N4O2S.C17H10N2O3S/c1-26(2)14-18(15-27(3,4)30(26)5)28-24(32)17-10-12-19(13-11-17)31-25(33)21-16-34-22-9-7-6-8-20(22)23(21)29-31;20-16-13-9-23-14-4-2-1-3-12(14)15(13)18-19(16)11-7-5-10(6-8-11)17(21)22/h6-13,16,18H,14-15H2,1-5H3,(H,28,32);1-9H,(H,21,22). The SMILES string of the molecule is CN1C(C)(C)CC(NC(=O)c2ccc(-n3nc4c5ccccc5scc-4c3=O)cc2)CC1(C)C.O=C(O)c1ccc(-n2nc3c4ccccc4scc-3c2=O)cc1. The van der Waals surface area contributed by atoms with Crippen LogP contribution in [0.2, 0.25) is 0 Å². The Labute approximate surface area is 336 Å². The van der Waals surface area contributed by atoms with E-state index in [0.29, 0.717) is 39.5 Å². The van der Waals surface area contributed by atoms with Gasteiger partial charge < -0.3 is 10.4 Å². The number of rotatable bonds is 5. The molecular formula is C44H40N6O5S2. The highest BCUT2D eigenvalue weighted by Crippen LogP contribution is 2.37. The molecule has 9 rings (SSSR count). The molecule has 0 radical (unpaired) electrons. The van der Waals surface area contributed by atoms with Crippen molar-refractivity contribution in [3.8, 4) is 33.9 Å². The summed E-state index contributed by atoms with van der Waals surface area (Å²) in [6.07, 6.45) is 1.79. The average molecular weight is 797 g/mol. The lowest BCUT2D eigenvalue weighted by Crippen LogP contribution is -2.62. The van der Waals surface area contributed by atoms with Gasteiger partial charge in [-0.1, -0.05) is 36.4 Å². The number of piperidine rings is 1. The van der Waals surface area contributed by atoms with Gasteiger partial charge in [0.25, 0.3) is 17.0 Å². The van der Waals surface area contributed by atoms with E-state index in [-0.39, 0.29) is 39.7 Å². The Bertz CT molecular complexity index is 2830.